The average molecular weight is 314 g/mol. The molecule has 7 heteroatoms. The molecule has 0 aliphatic carbocycles. The second-order valence-corrected chi connectivity index (χ2v) is 6.07. The fourth-order valence-corrected chi connectivity index (χ4v) is 2.92. The molecule has 122 valence electrons. The Morgan fingerprint density at radius 2 is 2.39 bits per heavy atom. The van der Waals surface area contributed by atoms with Crippen molar-refractivity contribution in [3.8, 4) is 0 Å². The quantitative estimate of drug-likeness (QED) is 0.876. The maximum Gasteiger partial charge on any atom is 0.234 e. The first-order valence-corrected chi connectivity index (χ1v) is 7.94. The van der Waals surface area contributed by atoms with E-state index in [-0.39, 0.29) is 11.9 Å². The number of hydrogen-bond donors (Lipinski definition) is 1. The summed E-state index contributed by atoms with van der Waals surface area (Å²) in [7, 11) is 1.95. The Morgan fingerprint density at radius 3 is 3.22 bits per heavy atom. The highest BCUT2D eigenvalue weighted by molar-refractivity contribution is 5.78. The van der Waals surface area contributed by atoms with Crippen LogP contribution in [0.15, 0.2) is 30.9 Å². The Balaban J connectivity index is 1.45. The number of likely N-dealkylation sites (N-methyl/N-ethyl adjacent to an activating group) is 1. The van der Waals surface area contributed by atoms with Crippen LogP contribution in [0.4, 0.5) is 0 Å². The van der Waals surface area contributed by atoms with Crippen molar-refractivity contribution >= 4 is 5.91 Å². The lowest BCUT2D eigenvalue weighted by molar-refractivity contribution is -0.122. The molecule has 2 aromatic heterocycles. The number of pyridine rings is 1. The third-order valence-electron chi connectivity index (χ3n) is 4.08. The molecule has 0 spiro atoms. The zero-order valence-electron chi connectivity index (χ0n) is 13.4. The van der Waals surface area contributed by atoms with Crippen LogP contribution in [0.1, 0.15) is 24.2 Å². The topological polar surface area (TPSA) is 75.9 Å². The van der Waals surface area contributed by atoms with Crippen LogP contribution >= 0.6 is 0 Å². The molecule has 3 heterocycles. The lowest BCUT2D eigenvalue weighted by Gasteiger charge is -2.20. The molecule has 0 bridgehead atoms. The van der Waals surface area contributed by atoms with Gasteiger partial charge >= 0.3 is 0 Å². The monoisotopic (exact) mass is 314 g/mol. The summed E-state index contributed by atoms with van der Waals surface area (Å²) in [5, 5.41) is 11.2. The van der Waals surface area contributed by atoms with Gasteiger partial charge in [-0.25, -0.2) is 0 Å². The second kappa shape index (κ2) is 7.32. The van der Waals surface area contributed by atoms with E-state index in [9.17, 15) is 4.79 Å². The maximum atomic E-state index is 12.2. The van der Waals surface area contributed by atoms with Gasteiger partial charge in [-0.2, -0.15) is 0 Å². The minimum absolute atomic E-state index is 0.0686. The SMILES string of the molecule is CN(CC(=O)NC1CCc2nncn2CC1)Cc1cccnc1. The molecular formula is C16H22N6O. The van der Waals surface area contributed by atoms with Crippen molar-refractivity contribution in [3.05, 3.63) is 42.2 Å². The van der Waals surface area contributed by atoms with Gasteiger partial charge in [0.05, 0.1) is 6.54 Å². The number of fused-ring (bicyclic) bond motifs is 1. The van der Waals surface area contributed by atoms with Gasteiger partial charge in [-0.3, -0.25) is 14.7 Å². The van der Waals surface area contributed by atoms with Crippen LogP contribution in [-0.4, -0.2) is 50.2 Å². The molecule has 1 atom stereocenters. The Kier molecular flexibility index (Phi) is 4.97. The molecule has 0 saturated heterocycles. The summed E-state index contributed by atoms with van der Waals surface area (Å²) in [6.07, 6.45) is 8.04. The van der Waals surface area contributed by atoms with Gasteiger partial charge in [-0.1, -0.05) is 6.07 Å². The standard InChI is InChI=1S/C16H22N6O/c1-21(10-13-3-2-7-17-9-13)11-16(23)19-14-4-5-15-20-18-12-22(15)8-6-14/h2-3,7,9,12,14H,4-6,8,10-11H2,1H3,(H,19,23). The molecule has 0 aromatic carbocycles. The predicted octanol–water partition coefficient (Wildman–Crippen LogP) is 0.626. The highest BCUT2D eigenvalue weighted by Gasteiger charge is 2.19. The summed E-state index contributed by atoms with van der Waals surface area (Å²) in [6.45, 7) is 1.96. The molecule has 1 aliphatic heterocycles. The summed E-state index contributed by atoms with van der Waals surface area (Å²) in [5.74, 6) is 1.08. The first-order valence-electron chi connectivity index (χ1n) is 7.94. The number of carbonyl (C=O) groups is 1. The van der Waals surface area contributed by atoms with E-state index in [1.165, 1.54) is 0 Å². The van der Waals surface area contributed by atoms with Gasteiger partial charge in [0, 0.05) is 37.9 Å². The van der Waals surface area contributed by atoms with Gasteiger partial charge in [-0.15, -0.1) is 10.2 Å². The number of amides is 1. The van der Waals surface area contributed by atoms with Gasteiger partial charge in [0.1, 0.15) is 12.2 Å². The smallest absolute Gasteiger partial charge is 0.234 e. The summed E-state index contributed by atoms with van der Waals surface area (Å²) < 4.78 is 2.07. The van der Waals surface area contributed by atoms with Crippen molar-refractivity contribution in [1.82, 2.24) is 30.0 Å². The van der Waals surface area contributed by atoms with Crippen LogP contribution in [0.2, 0.25) is 0 Å². The molecule has 0 fully saturated rings. The first kappa shape index (κ1) is 15.6. The third kappa shape index (κ3) is 4.35. The summed E-state index contributed by atoms with van der Waals surface area (Å²) in [5.41, 5.74) is 1.11. The number of aryl methyl sites for hydroxylation is 2. The number of hydrogen-bond acceptors (Lipinski definition) is 5. The van der Waals surface area contributed by atoms with Crippen LogP contribution in [0.3, 0.4) is 0 Å². The zero-order chi connectivity index (χ0) is 16.1. The van der Waals surface area contributed by atoms with Crippen molar-refractivity contribution in [2.45, 2.75) is 38.4 Å². The number of nitrogens with one attached hydrogen (secondary N) is 1. The van der Waals surface area contributed by atoms with Gasteiger partial charge < -0.3 is 9.88 Å². The van der Waals surface area contributed by atoms with Crippen molar-refractivity contribution in [3.63, 3.8) is 0 Å². The van der Waals surface area contributed by atoms with E-state index < -0.39 is 0 Å². The second-order valence-electron chi connectivity index (χ2n) is 6.07. The molecule has 0 saturated carbocycles. The van der Waals surface area contributed by atoms with Crippen LogP contribution in [0.25, 0.3) is 0 Å². The van der Waals surface area contributed by atoms with Crippen molar-refractivity contribution in [1.29, 1.82) is 0 Å². The largest absolute Gasteiger partial charge is 0.352 e. The fourth-order valence-electron chi connectivity index (χ4n) is 2.92. The normalized spacial score (nSPS) is 17.6. The summed E-state index contributed by atoms with van der Waals surface area (Å²) in [6, 6.07) is 4.13. The van der Waals surface area contributed by atoms with Crippen molar-refractivity contribution in [2.24, 2.45) is 0 Å². The lowest BCUT2D eigenvalue weighted by atomic mass is 10.1. The fraction of sp³-hybridized carbons (Fsp3) is 0.500. The van der Waals surface area contributed by atoms with E-state index >= 15 is 0 Å². The van der Waals surface area contributed by atoms with Crippen LogP contribution < -0.4 is 5.32 Å². The molecule has 2 aromatic rings. The van der Waals surface area contributed by atoms with E-state index in [0.29, 0.717) is 13.1 Å². The molecule has 1 unspecified atom stereocenters. The number of carbonyl (C=O) groups excluding carboxylic acids is 1. The molecule has 3 rings (SSSR count). The van der Waals surface area contributed by atoms with E-state index in [1.54, 1.807) is 12.5 Å². The molecule has 1 amide bonds. The molecule has 7 nitrogen and oxygen atoms in total. The van der Waals surface area contributed by atoms with Crippen LogP contribution in [0, 0.1) is 0 Å². The predicted molar refractivity (Wildman–Crippen MR) is 85.5 cm³/mol. The van der Waals surface area contributed by atoms with Crippen molar-refractivity contribution < 1.29 is 4.79 Å². The number of rotatable bonds is 5. The summed E-state index contributed by atoms with van der Waals surface area (Å²) in [4.78, 5) is 18.3. The van der Waals surface area contributed by atoms with E-state index in [0.717, 1.165) is 37.2 Å². The highest BCUT2D eigenvalue weighted by Crippen LogP contribution is 2.12. The molecule has 23 heavy (non-hydrogen) atoms. The Morgan fingerprint density at radius 1 is 1.48 bits per heavy atom. The Bertz CT molecular complexity index is 619. The lowest BCUT2D eigenvalue weighted by Crippen LogP contribution is -2.41. The third-order valence-corrected chi connectivity index (χ3v) is 4.08. The van der Waals surface area contributed by atoms with E-state index in [4.69, 9.17) is 0 Å². The van der Waals surface area contributed by atoms with Gasteiger partial charge in [0.2, 0.25) is 5.91 Å². The number of aromatic nitrogens is 4. The minimum atomic E-state index is 0.0686. The molecule has 1 aliphatic rings. The Labute approximate surface area is 135 Å². The molecular weight excluding hydrogens is 292 g/mol. The molecule has 0 radical (unpaired) electrons. The highest BCUT2D eigenvalue weighted by atomic mass is 16.2. The van der Waals surface area contributed by atoms with Gasteiger partial charge in [0.15, 0.2) is 0 Å². The van der Waals surface area contributed by atoms with Crippen LogP contribution in [-0.2, 0) is 24.3 Å². The average Bonchev–Trinajstić information content (AvgIpc) is 2.90. The maximum absolute atomic E-state index is 12.2. The Hall–Kier alpha value is -2.28. The number of nitrogens with zero attached hydrogens (tertiary/aromatic N) is 5. The molecule has 1 N–H and O–H groups in total. The van der Waals surface area contributed by atoms with E-state index in [1.807, 2.05) is 30.3 Å². The van der Waals surface area contributed by atoms with E-state index in [2.05, 4.69) is 25.1 Å². The zero-order valence-corrected chi connectivity index (χ0v) is 13.4. The first-order chi connectivity index (χ1) is 11.2. The van der Waals surface area contributed by atoms with Crippen molar-refractivity contribution in [2.75, 3.05) is 13.6 Å². The van der Waals surface area contributed by atoms with Crippen LogP contribution in [0.5, 0.6) is 0 Å². The minimum Gasteiger partial charge on any atom is -0.352 e. The van der Waals surface area contributed by atoms with Gasteiger partial charge in [0.25, 0.3) is 0 Å². The summed E-state index contributed by atoms with van der Waals surface area (Å²) >= 11 is 0. The van der Waals surface area contributed by atoms with Gasteiger partial charge in [-0.05, 0) is 31.5 Å².